The van der Waals surface area contributed by atoms with Crippen molar-refractivity contribution in [2.24, 2.45) is 0 Å². The van der Waals surface area contributed by atoms with Gasteiger partial charge in [-0.2, -0.15) is 5.26 Å². The standard InChI is InChI=1S/C22H23N3O/c23-16-22(18-9-5-2-6-10-18)11-13-25(14-12-22)21(26)24-20-15-19(20)17-7-3-1-4-8-17/h1-10,19-20H,11-15H2,(H,24,26). The van der Waals surface area contributed by atoms with Gasteiger partial charge in [-0.25, -0.2) is 4.79 Å². The highest BCUT2D eigenvalue weighted by Gasteiger charge is 2.42. The minimum atomic E-state index is -0.468. The number of carbonyl (C=O) groups excluding carboxylic acids is 1. The van der Waals surface area contributed by atoms with E-state index in [1.165, 1.54) is 5.56 Å². The van der Waals surface area contributed by atoms with E-state index in [4.69, 9.17) is 0 Å². The van der Waals surface area contributed by atoms with Gasteiger partial charge < -0.3 is 10.2 Å². The number of amides is 2. The third-order valence-electron chi connectivity index (χ3n) is 5.77. The van der Waals surface area contributed by atoms with E-state index in [-0.39, 0.29) is 12.1 Å². The van der Waals surface area contributed by atoms with Gasteiger partial charge in [0, 0.05) is 25.0 Å². The molecule has 1 aliphatic heterocycles. The van der Waals surface area contributed by atoms with Crippen LogP contribution in [0.1, 0.15) is 36.3 Å². The summed E-state index contributed by atoms with van der Waals surface area (Å²) in [4.78, 5) is 14.5. The molecular formula is C22H23N3O. The molecule has 0 bridgehead atoms. The maximum atomic E-state index is 12.6. The van der Waals surface area contributed by atoms with E-state index in [1.54, 1.807) is 0 Å². The van der Waals surface area contributed by atoms with Crippen LogP contribution in [0, 0.1) is 11.3 Å². The number of nitrogens with zero attached hydrogens (tertiary/aromatic N) is 2. The van der Waals surface area contributed by atoms with E-state index in [0.717, 1.165) is 12.0 Å². The normalized spacial score (nSPS) is 23.7. The molecule has 1 N–H and O–H groups in total. The first kappa shape index (κ1) is 16.7. The Bertz CT molecular complexity index is 804. The van der Waals surface area contributed by atoms with Crippen molar-refractivity contribution < 1.29 is 4.79 Å². The molecular weight excluding hydrogens is 322 g/mol. The van der Waals surface area contributed by atoms with Gasteiger partial charge in [0.1, 0.15) is 0 Å². The predicted octanol–water partition coefficient (Wildman–Crippen LogP) is 3.81. The van der Waals surface area contributed by atoms with E-state index in [2.05, 4.69) is 23.5 Å². The maximum absolute atomic E-state index is 12.6. The Balaban J connectivity index is 1.34. The smallest absolute Gasteiger partial charge is 0.317 e. The number of rotatable bonds is 3. The molecule has 1 saturated carbocycles. The van der Waals surface area contributed by atoms with Gasteiger partial charge >= 0.3 is 6.03 Å². The fraction of sp³-hybridized carbons (Fsp3) is 0.364. The Kier molecular flexibility index (Phi) is 4.38. The lowest BCUT2D eigenvalue weighted by Gasteiger charge is -2.37. The first-order chi connectivity index (χ1) is 12.7. The summed E-state index contributed by atoms with van der Waals surface area (Å²) >= 11 is 0. The van der Waals surface area contributed by atoms with Crippen LogP contribution < -0.4 is 5.32 Å². The van der Waals surface area contributed by atoms with Gasteiger partial charge in [0.25, 0.3) is 0 Å². The molecule has 2 amide bonds. The Labute approximate surface area is 154 Å². The number of hydrogen-bond acceptors (Lipinski definition) is 2. The summed E-state index contributed by atoms with van der Waals surface area (Å²) in [5.41, 5.74) is 1.89. The predicted molar refractivity (Wildman–Crippen MR) is 101 cm³/mol. The number of carbonyl (C=O) groups is 1. The Hall–Kier alpha value is -2.80. The second-order valence-electron chi connectivity index (χ2n) is 7.36. The molecule has 1 saturated heterocycles. The van der Waals surface area contributed by atoms with Crippen LogP contribution >= 0.6 is 0 Å². The van der Waals surface area contributed by atoms with E-state index < -0.39 is 5.41 Å². The fourth-order valence-corrected chi connectivity index (χ4v) is 3.99. The van der Waals surface area contributed by atoms with Crippen molar-refractivity contribution in [3.8, 4) is 6.07 Å². The van der Waals surface area contributed by atoms with Crippen LogP contribution in [-0.4, -0.2) is 30.1 Å². The Morgan fingerprint density at radius 3 is 2.27 bits per heavy atom. The number of hydrogen-bond donors (Lipinski definition) is 1. The van der Waals surface area contributed by atoms with E-state index in [9.17, 15) is 10.1 Å². The number of likely N-dealkylation sites (tertiary alicyclic amines) is 1. The summed E-state index contributed by atoms with van der Waals surface area (Å²) in [6, 6.07) is 23.1. The quantitative estimate of drug-likeness (QED) is 0.920. The summed E-state index contributed by atoms with van der Waals surface area (Å²) in [6.45, 7) is 1.24. The summed E-state index contributed by atoms with van der Waals surface area (Å²) in [5.74, 6) is 0.437. The van der Waals surface area contributed by atoms with Crippen molar-refractivity contribution in [1.82, 2.24) is 10.2 Å². The van der Waals surface area contributed by atoms with Crippen LogP contribution in [-0.2, 0) is 5.41 Å². The highest BCUT2D eigenvalue weighted by molar-refractivity contribution is 5.75. The highest BCUT2D eigenvalue weighted by Crippen LogP contribution is 2.41. The molecule has 2 aromatic carbocycles. The molecule has 2 unspecified atom stereocenters. The largest absolute Gasteiger partial charge is 0.335 e. The zero-order valence-corrected chi connectivity index (χ0v) is 14.8. The van der Waals surface area contributed by atoms with Crippen molar-refractivity contribution in [3.63, 3.8) is 0 Å². The zero-order valence-electron chi connectivity index (χ0n) is 14.8. The van der Waals surface area contributed by atoms with Gasteiger partial charge in [-0.15, -0.1) is 0 Å². The minimum absolute atomic E-state index is 0.00744. The van der Waals surface area contributed by atoms with Crippen LogP contribution in [0.15, 0.2) is 60.7 Å². The molecule has 132 valence electrons. The average Bonchev–Trinajstić information content (AvgIpc) is 3.48. The second-order valence-corrected chi connectivity index (χ2v) is 7.36. The van der Waals surface area contributed by atoms with Crippen LogP contribution in [0.25, 0.3) is 0 Å². The molecule has 26 heavy (non-hydrogen) atoms. The van der Waals surface area contributed by atoms with Crippen LogP contribution in [0.4, 0.5) is 4.79 Å². The summed E-state index contributed by atoms with van der Waals surface area (Å²) in [6.07, 6.45) is 2.39. The van der Waals surface area contributed by atoms with Crippen molar-refractivity contribution in [2.45, 2.75) is 36.6 Å². The van der Waals surface area contributed by atoms with Crippen molar-refractivity contribution in [2.75, 3.05) is 13.1 Å². The van der Waals surface area contributed by atoms with Gasteiger partial charge in [0.2, 0.25) is 0 Å². The molecule has 4 rings (SSSR count). The molecule has 2 aliphatic rings. The van der Waals surface area contributed by atoms with Gasteiger partial charge in [0.05, 0.1) is 11.5 Å². The number of benzene rings is 2. The first-order valence-electron chi connectivity index (χ1n) is 9.29. The molecule has 0 radical (unpaired) electrons. The lowest BCUT2D eigenvalue weighted by molar-refractivity contribution is 0.170. The number of urea groups is 1. The molecule has 2 aromatic rings. The fourth-order valence-electron chi connectivity index (χ4n) is 3.99. The highest BCUT2D eigenvalue weighted by atomic mass is 16.2. The van der Waals surface area contributed by atoms with Crippen molar-refractivity contribution in [3.05, 3.63) is 71.8 Å². The molecule has 1 aliphatic carbocycles. The van der Waals surface area contributed by atoms with Gasteiger partial charge in [0.15, 0.2) is 0 Å². The first-order valence-corrected chi connectivity index (χ1v) is 9.29. The number of piperidine rings is 1. The third-order valence-corrected chi connectivity index (χ3v) is 5.77. The second kappa shape index (κ2) is 6.84. The molecule has 2 fully saturated rings. The topological polar surface area (TPSA) is 56.1 Å². The third kappa shape index (κ3) is 3.17. The van der Waals surface area contributed by atoms with Crippen LogP contribution in [0.2, 0.25) is 0 Å². The lowest BCUT2D eigenvalue weighted by atomic mass is 9.74. The van der Waals surface area contributed by atoms with Gasteiger partial charge in [-0.3, -0.25) is 0 Å². The SMILES string of the molecule is N#CC1(c2ccccc2)CCN(C(=O)NC2CC2c2ccccc2)CC1. The van der Waals surface area contributed by atoms with Crippen molar-refractivity contribution in [1.29, 1.82) is 5.26 Å². The minimum Gasteiger partial charge on any atom is -0.335 e. The Morgan fingerprint density at radius 2 is 1.65 bits per heavy atom. The van der Waals surface area contributed by atoms with E-state index in [1.807, 2.05) is 53.4 Å². The number of nitrogens with one attached hydrogen (secondary N) is 1. The van der Waals surface area contributed by atoms with Gasteiger partial charge in [-0.05, 0) is 30.4 Å². The molecule has 0 spiro atoms. The maximum Gasteiger partial charge on any atom is 0.317 e. The summed E-state index contributed by atoms with van der Waals surface area (Å²) < 4.78 is 0. The summed E-state index contributed by atoms with van der Waals surface area (Å²) in [7, 11) is 0. The Morgan fingerprint density at radius 1 is 1.04 bits per heavy atom. The van der Waals surface area contributed by atoms with Gasteiger partial charge in [-0.1, -0.05) is 60.7 Å². The monoisotopic (exact) mass is 345 g/mol. The summed E-state index contributed by atoms with van der Waals surface area (Å²) in [5, 5.41) is 12.9. The molecule has 2 atom stereocenters. The van der Waals surface area contributed by atoms with E-state index in [0.29, 0.717) is 31.8 Å². The average molecular weight is 345 g/mol. The number of nitriles is 1. The molecule has 0 aromatic heterocycles. The molecule has 4 heteroatoms. The van der Waals surface area contributed by atoms with E-state index >= 15 is 0 Å². The lowest BCUT2D eigenvalue weighted by Crippen LogP contribution is -2.49. The molecule has 4 nitrogen and oxygen atoms in total. The zero-order chi connectivity index (χ0) is 18.0. The molecule has 1 heterocycles. The van der Waals surface area contributed by atoms with Crippen molar-refractivity contribution >= 4 is 6.03 Å². The van der Waals surface area contributed by atoms with Crippen LogP contribution in [0.3, 0.4) is 0 Å². The van der Waals surface area contributed by atoms with Crippen LogP contribution in [0.5, 0.6) is 0 Å².